The fourth-order valence-corrected chi connectivity index (χ4v) is 3.05. The third-order valence-corrected chi connectivity index (χ3v) is 5.04. The Balaban J connectivity index is 1.53. The number of aromatic nitrogens is 2. The molecule has 150 valence electrons. The van der Waals surface area contributed by atoms with Crippen molar-refractivity contribution in [2.45, 2.75) is 6.42 Å². The smallest absolute Gasteiger partial charge is 0.287 e. The Kier molecular flexibility index (Phi) is 6.51. The average Bonchev–Trinajstić information content (AvgIpc) is 2.72. The Morgan fingerprint density at radius 1 is 1.14 bits per heavy atom. The van der Waals surface area contributed by atoms with Crippen molar-refractivity contribution in [2.24, 2.45) is 0 Å². The molecule has 0 aliphatic carbocycles. The second-order valence-corrected chi connectivity index (χ2v) is 7.21. The summed E-state index contributed by atoms with van der Waals surface area (Å²) in [6.07, 6.45) is 0.521. The fraction of sp³-hybridized carbons (Fsp3) is 0.200. The molecule has 0 saturated heterocycles. The monoisotopic (exact) mass is 432 g/mol. The molecule has 3 aromatic rings. The highest BCUT2D eigenvalue weighted by atomic mass is 35.5. The molecule has 1 aromatic heterocycles. The molecular formula is C20H18Cl2N4O3. The maximum absolute atomic E-state index is 12.4. The fourth-order valence-electron chi connectivity index (χ4n) is 2.75. The number of nitrogens with zero attached hydrogens (tertiary/aromatic N) is 2. The number of amides is 2. The van der Waals surface area contributed by atoms with Crippen molar-refractivity contribution in [1.29, 1.82) is 0 Å². The van der Waals surface area contributed by atoms with E-state index in [1.807, 2.05) is 0 Å². The molecule has 9 heteroatoms. The number of hydrogen-bond donors (Lipinski definition) is 2. The van der Waals surface area contributed by atoms with E-state index in [1.165, 1.54) is 11.0 Å². The van der Waals surface area contributed by atoms with Gasteiger partial charge in [0.05, 0.1) is 20.9 Å². The molecule has 0 radical (unpaired) electrons. The van der Waals surface area contributed by atoms with Crippen LogP contribution in [-0.2, 0) is 0 Å². The van der Waals surface area contributed by atoms with Gasteiger partial charge in [-0.2, -0.15) is 0 Å². The van der Waals surface area contributed by atoms with Gasteiger partial charge in [-0.15, -0.1) is 0 Å². The Bertz CT molecular complexity index is 1130. The van der Waals surface area contributed by atoms with E-state index in [2.05, 4.69) is 15.3 Å². The highest BCUT2D eigenvalue weighted by molar-refractivity contribution is 6.42. The summed E-state index contributed by atoms with van der Waals surface area (Å²) in [4.78, 5) is 44.9. The van der Waals surface area contributed by atoms with Crippen LogP contribution in [0.25, 0.3) is 10.9 Å². The van der Waals surface area contributed by atoms with Gasteiger partial charge in [-0.1, -0.05) is 35.3 Å². The molecule has 0 aliphatic rings. The van der Waals surface area contributed by atoms with E-state index >= 15 is 0 Å². The molecule has 0 spiro atoms. The first kappa shape index (κ1) is 20.8. The summed E-state index contributed by atoms with van der Waals surface area (Å²) < 4.78 is 0. The SMILES string of the molecule is CN(CCCNC(=O)c1nc2ccccc2c(=O)[nH]1)C(=O)c1ccc(Cl)c(Cl)c1. The van der Waals surface area contributed by atoms with Crippen LogP contribution in [0.4, 0.5) is 0 Å². The van der Waals surface area contributed by atoms with Gasteiger partial charge in [0.15, 0.2) is 5.82 Å². The zero-order chi connectivity index (χ0) is 21.0. The van der Waals surface area contributed by atoms with E-state index in [1.54, 1.807) is 43.4 Å². The van der Waals surface area contributed by atoms with Crippen LogP contribution in [-0.4, -0.2) is 46.8 Å². The minimum absolute atomic E-state index is 0.0473. The second kappa shape index (κ2) is 9.07. The van der Waals surface area contributed by atoms with Crippen LogP contribution in [0.2, 0.25) is 10.0 Å². The van der Waals surface area contributed by atoms with Crippen molar-refractivity contribution in [3.05, 3.63) is 74.3 Å². The van der Waals surface area contributed by atoms with Gasteiger partial charge in [-0.3, -0.25) is 14.4 Å². The quantitative estimate of drug-likeness (QED) is 0.584. The van der Waals surface area contributed by atoms with Crippen molar-refractivity contribution in [2.75, 3.05) is 20.1 Å². The second-order valence-electron chi connectivity index (χ2n) is 6.40. The van der Waals surface area contributed by atoms with Crippen LogP contribution >= 0.6 is 23.2 Å². The summed E-state index contributed by atoms with van der Waals surface area (Å²) in [5.41, 5.74) is 0.518. The van der Waals surface area contributed by atoms with Gasteiger partial charge in [0.2, 0.25) is 0 Å². The van der Waals surface area contributed by atoms with Crippen LogP contribution in [0.15, 0.2) is 47.3 Å². The van der Waals surface area contributed by atoms with Crippen LogP contribution in [0, 0.1) is 0 Å². The van der Waals surface area contributed by atoms with E-state index < -0.39 is 5.91 Å². The van der Waals surface area contributed by atoms with Crippen LogP contribution < -0.4 is 10.9 Å². The minimum atomic E-state index is -0.480. The van der Waals surface area contributed by atoms with E-state index in [-0.39, 0.29) is 17.3 Å². The number of rotatable bonds is 6. The first-order valence-electron chi connectivity index (χ1n) is 8.84. The maximum atomic E-state index is 12.4. The standard InChI is InChI=1S/C20H18Cl2N4O3/c1-26(20(29)12-7-8-14(21)15(22)11-12)10-4-9-23-19(28)17-24-16-6-3-2-5-13(16)18(27)25-17/h2-3,5-8,11H,4,9-10H2,1H3,(H,23,28)(H,24,25,27). The molecule has 1 heterocycles. The molecule has 2 N–H and O–H groups in total. The van der Waals surface area contributed by atoms with Gasteiger partial charge in [-0.05, 0) is 36.8 Å². The third-order valence-electron chi connectivity index (χ3n) is 4.30. The number of carbonyl (C=O) groups is 2. The maximum Gasteiger partial charge on any atom is 0.287 e. The lowest BCUT2D eigenvalue weighted by Crippen LogP contribution is -2.32. The van der Waals surface area contributed by atoms with Gasteiger partial charge in [-0.25, -0.2) is 4.98 Å². The Morgan fingerprint density at radius 2 is 1.90 bits per heavy atom. The summed E-state index contributed by atoms with van der Waals surface area (Å²) in [6, 6.07) is 11.5. The Morgan fingerprint density at radius 3 is 2.66 bits per heavy atom. The zero-order valence-electron chi connectivity index (χ0n) is 15.5. The molecule has 0 fully saturated rings. The number of nitrogens with one attached hydrogen (secondary N) is 2. The summed E-state index contributed by atoms with van der Waals surface area (Å²) >= 11 is 11.8. The van der Waals surface area contributed by atoms with Crippen molar-refractivity contribution in [3.63, 3.8) is 0 Å². The van der Waals surface area contributed by atoms with Crippen LogP contribution in [0.5, 0.6) is 0 Å². The number of para-hydroxylation sites is 1. The normalized spacial score (nSPS) is 10.7. The predicted octanol–water partition coefficient (Wildman–Crippen LogP) is 3.12. The van der Waals surface area contributed by atoms with Crippen LogP contribution in [0.3, 0.4) is 0 Å². The highest BCUT2D eigenvalue weighted by Crippen LogP contribution is 2.23. The number of benzene rings is 2. The van der Waals surface area contributed by atoms with Gasteiger partial charge in [0.1, 0.15) is 0 Å². The van der Waals surface area contributed by atoms with E-state index in [4.69, 9.17) is 23.2 Å². The lowest BCUT2D eigenvalue weighted by molar-refractivity contribution is 0.0793. The van der Waals surface area contributed by atoms with Crippen molar-refractivity contribution in [3.8, 4) is 0 Å². The van der Waals surface area contributed by atoms with Crippen molar-refractivity contribution >= 4 is 45.9 Å². The van der Waals surface area contributed by atoms with Gasteiger partial charge < -0.3 is 15.2 Å². The highest BCUT2D eigenvalue weighted by Gasteiger charge is 2.14. The number of H-pyrrole nitrogens is 1. The Labute approximate surface area is 176 Å². The molecule has 2 aromatic carbocycles. The predicted molar refractivity (Wildman–Crippen MR) is 113 cm³/mol. The lowest BCUT2D eigenvalue weighted by atomic mass is 10.2. The number of hydrogen-bond acceptors (Lipinski definition) is 4. The summed E-state index contributed by atoms with van der Waals surface area (Å²) in [7, 11) is 1.66. The largest absolute Gasteiger partial charge is 0.349 e. The topological polar surface area (TPSA) is 95.2 Å². The molecule has 2 amide bonds. The number of carbonyl (C=O) groups excluding carboxylic acids is 2. The van der Waals surface area contributed by atoms with Gasteiger partial charge >= 0.3 is 0 Å². The third kappa shape index (κ3) is 4.93. The molecule has 3 rings (SSSR count). The molecule has 0 aliphatic heterocycles. The molecule has 0 saturated carbocycles. The molecule has 7 nitrogen and oxygen atoms in total. The lowest BCUT2D eigenvalue weighted by Gasteiger charge is -2.17. The van der Waals surface area contributed by atoms with Gasteiger partial charge in [0.25, 0.3) is 17.4 Å². The summed E-state index contributed by atoms with van der Waals surface area (Å²) in [6.45, 7) is 0.732. The van der Waals surface area contributed by atoms with Crippen molar-refractivity contribution in [1.82, 2.24) is 20.2 Å². The van der Waals surface area contributed by atoms with E-state index in [0.29, 0.717) is 46.0 Å². The molecule has 0 bridgehead atoms. The number of aromatic amines is 1. The first-order chi connectivity index (χ1) is 13.9. The molecule has 29 heavy (non-hydrogen) atoms. The number of halogens is 2. The number of fused-ring (bicyclic) bond motifs is 1. The zero-order valence-corrected chi connectivity index (χ0v) is 17.0. The van der Waals surface area contributed by atoms with E-state index in [0.717, 1.165) is 0 Å². The summed E-state index contributed by atoms with van der Waals surface area (Å²) in [5.74, 6) is -0.726. The van der Waals surface area contributed by atoms with Crippen molar-refractivity contribution < 1.29 is 9.59 Å². The average molecular weight is 433 g/mol. The van der Waals surface area contributed by atoms with Crippen LogP contribution in [0.1, 0.15) is 27.4 Å². The van der Waals surface area contributed by atoms with Gasteiger partial charge in [0, 0.05) is 25.7 Å². The molecule has 0 atom stereocenters. The molecule has 0 unspecified atom stereocenters. The minimum Gasteiger partial charge on any atom is -0.349 e. The molecular weight excluding hydrogens is 415 g/mol. The Hall–Kier alpha value is -2.90. The summed E-state index contributed by atoms with van der Waals surface area (Å²) in [5, 5.41) is 3.81. The first-order valence-corrected chi connectivity index (χ1v) is 9.60. The van der Waals surface area contributed by atoms with E-state index in [9.17, 15) is 14.4 Å².